The van der Waals surface area contributed by atoms with Gasteiger partial charge in [0.25, 0.3) is 5.91 Å². The van der Waals surface area contributed by atoms with E-state index in [1.807, 2.05) is 24.3 Å². The highest BCUT2D eigenvalue weighted by molar-refractivity contribution is 5.97. The molecule has 0 saturated heterocycles. The number of amides is 2. The molecule has 2 rings (SSSR count). The fourth-order valence-electron chi connectivity index (χ4n) is 2.79. The topological polar surface area (TPSA) is 76.7 Å². The first-order valence-corrected chi connectivity index (χ1v) is 9.94. The second-order valence-electron chi connectivity index (χ2n) is 9.17. The molecule has 0 unspecified atom stereocenters. The lowest BCUT2D eigenvalue weighted by atomic mass is 9.87. The minimum atomic E-state index is -0.923. The van der Waals surface area contributed by atoms with Crippen LogP contribution >= 0.6 is 0 Å². The molecule has 0 saturated carbocycles. The second kappa shape index (κ2) is 9.20. The molecule has 0 heterocycles. The van der Waals surface area contributed by atoms with Gasteiger partial charge in [-0.25, -0.2) is 4.79 Å². The Morgan fingerprint density at radius 1 is 0.867 bits per heavy atom. The second-order valence-corrected chi connectivity index (χ2v) is 9.17. The Hall–Kier alpha value is -3.02. The van der Waals surface area contributed by atoms with Crippen LogP contribution in [0.1, 0.15) is 58.7 Å². The fraction of sp³-hybridized carbons (Fsp3) is 0.417. The van der Waals surface area contributed by atoms with E-state index in [2.05, 4.69) is 31.4 Å². The molecular formula is C24H32N2O4. The number of hydrogen-bond donors (Lipinski definition) is 2. The number of carbonyl (C=O) groups excluding carboxylic acids is 2. The smallest absolute Gasteiger partial charge is 0.408 e. The van der Waals surface area contributed by atoms with Crippen LogP contribution in [-0.4, -0.2) is 24.7 Å². The van der Waals surface area contributed by atoms with Crippen molar-refractivity contribution in [3.05, 3.63) is 59.7 Å². The van der Waals surface area contributed by atoms with Crippen molar-refractivity contribution in [3.8, 4) is 5.75 Å². The first-order chi connectivity index (χ1) is 13.9. The molecule has 0 aliphatic heterocycles. The molecule has 0 fully saturated rings. The molecule has 0 aliphatic rings. The van der Waals surface area contributed by atoms with E-state index in [0.29, 0.717) is 17.0 Å². The van der Waals surface area contributed by atoms with Gasteiger partial charge in [0, 0.05) is 5.69 Å². The average Bonchev–Trinajstić information content (AvgIpc) is 2.64. The van der Waals surface area contributed by atoms with Gasteiger partial charge in [-0.3, -0.25) is 4.79 Å². The fourth-order valence-corrected chi connectivity index (χ4v) is 2.79. The van der Waals surface area contributed by atoms with Crippen molar-refractivity contribution in [3.63, 3.8) is 0 Å². The summed E-state index contributed by atoms with van der Waals surface area (Å²) in [5.74, 6) is 0.294. The molecular weight excluding hydrogens is 380 g/mol. The van der Waals surface area contributed by atoms with Gasteiger partial charge in [-0.15, -0.1) is 0 Å². The minimum Gasteiger partial charge on any atom is -0.497 e. The van der Waals surface area contributed by atoms with Gasteiger partial charge in [0.15, 0.2) is 0 Å². The Morgan fingerprint density at radius 3 is 1.90 bits per heavy atom. The lowest BCUT2D eigenvalue weighted by Crippen LogP contribution is -2.40. The van der Waals surface area contributed by atoms with E-state index in [9.17, 15) is 9.59 Å². The summed E-state index contributed by atoms with van der Waals surface area (Å²) >= 11 is 0. The molecule has 30 heavy (non-hydrogen) atoms. The third-order valence-corrected chi connectivity index (χ3v) is 4.39. The van der Waals surface area contributed by atoms with Gasteiger partial charge in [-0.1, -0.05) is 45.0 Å². The quantitative estimate of drug-likeness (QED) is 0.708. The Bertz CT molecular complexity index is 860. The van der Waals surface area contributed by atoms with Crippen molar-refractivity contribution in [2.24, 2.45) is 0 Å². The summed E-state index contributed by atoms with van der Waals surface area (Å²) in [6.45, 7) is 11.7. The highest BCUT2D eigenvalue weighted by atomic mass is 16.6. The number of ether oxygens (including phenoxy) is 2. The number of benzene rings is 2. The highest BCUT2D eigenvalue weighted by Crippen LogP contribution is 2.25. The van der Waals surface area contributed by atoms with Crippen LogP contribution in [0.25, 0.3) is 0 Å². The van der Waals surface area contributed by atoms with Crippen molar-refractivity contribution in [2.75, 3.05) is 12.4 Å². The standard InChI is InChI=1S/C24H32N2O4/c1-23(2,3)17-10-12-18(13-11-17)25-21(27)20(26-22(28)30-24(4,5)6)16-8-14-19(29-7)15-9-16/h8-15,20H,1-7H3,(H,25,27)(H,26,28)/t20-/m1/s1. The number of hydrogen-bond acceptors (Lipinski definition) is 4. The number of carbonyl (C=O) groups is 2. The van der Waals surface area contributed by atoms with Crippen molar-refractivity contribution >= 4 is 17.7 Å². The van der Waals surface area contributed by atoms with Crippen LogP contribution in [0, 0.1) is 0 Å². The maximum atomic E-state index is 13.0. The van der Waals surface area contributed by atoms with E-state index < -0.39 is 17.7 Å². The van der Waals surface area contributed by atoms with E-state index in [1.54, 1.807) is 52.1 Å². The van der Waals surface area contributed by atoms with E-state index in [0.717, 1.165) is 0 Å². The molecule has 162 valence electrons. The van der Waals surface area contributed by atoms with Crippen LogP contribution < -0.4 is 15.4 Å². The summed E-state index contributed by atoms with van der Waals surface area (Å²) in [6.07, 6.45) is -0.665. The molecule has 2 aromatic rings. The molecule has 0 spiro atoms. The van der Waals surface area contributed by atoms with E-state index in [4.69, 9.17) is 9.47 Å². The van der Waals surface area contributed by atoms with Gasteiger partial charge in [0.2, 0.25) is 0 Å². The molecule has 2 aromatic carbocycles. The van der Waals surface area contributed by atoms with Crippen LogP contribution in [0.2, 0.25) is 0 Å². The zero-order chi connectivity index (χ0) is 22.5. The summed E-state index contributed by atoms with van der Waals surface area (Å²) in [5, 5.41) is 5.54. The highest BCUT2D eigenvalue weighted by Gasteiger charge is 2.26. The van der Waals surface area contributed by atoms with Gasteiger partial charge in [0.1, 0.15) is 17.4 Å². The Kier molecular flexibility index (Phi) is 7.13. The van der Waals surface area contributed by atoms with Crippen LogP contribution in [0.4, 0.5) is 10.5 Å². The van der Waals surface area contributed by atoms with Crippen LogP contribution in [0.15, 0.2) is 48.5 Å². The number of alkyl carbamates (subject to hydrolysis) is 1. The predicted octanol–water partition coefficient (Wildman–Crippen LogP) is 5.20. The summed E-state index contributed by atoms with van der Waals surface area (Å²) in [6, 6.07) is 13.7. The maximum absolute atomic E-state index is 13.0. The number of rotatable bonds is 5. The molecule has 6 heteroatoms. The van der Waals surface area contributed by atoms with Crippen molar-refractivity contribution < 1.29 is 19.1 Å². The third-order valence-electron chi connectivity index (χ3n) is 4.39. The van der Waals surface area contributed by atoms with Gasteiger partial charge >= 0.3 is 6.09 Å². The zero-order valence-corrected chi connectivity index (χ0v) is 18.8. The zero-order valence-electron chi connectivity index (χ0n) is 18.8. The first kappa shape index (κ1) is 23.3. The number of anilines is 1. The van der Waals surface area contributed by atoms with E-state index in [-0.39, 0.29) is 11.3 Å². The summed E-state index contributed by atoms with van der Waals surface area (Å²) < 4.78 is 10.5. The van der Waals surface area contributed by atoms with E-state index in [1.165, 1.54) is 5.56 Å². The largest absolute Gasteiger partial charge is 0.497 e. The van der Waals surface area contributed by atoms with Gasteiger partial charge in [-0.05, 0) is 61.6 Å². The molecule has 1 atom stereocenters. The number of methoxy groups -OCH3 is 1. The molecule has 6 nitrogen and oxygen atoms in total. The predicted molar refractivity (Wildman–Crippen MR) is 119 cm³/mol. The molecule has 2 amide bonds. The average molecular weight is 413 g/mol. The summed E-state index contributed by atoms with van der Waals surface area (Å²) in [7, 11) is 1.57. The normalized spacial score (nSPS) is 12.6. The van der Waals surface area contributed by atoms with Gasteiger partial charge < -0.3 is 20.1 Å². The summed E-state index contributed by atoms with van der Waals surface area (Å²) in [5.41, 5.74) is 1.78. The SMILES string of the molecule is COc1ccc([C@@H](NC(=O)OC(C)(C)C)C(=O)Nc2ccc(C(C)(C)C)cc2)cc1. The van der Waals surface area contributed by atoms with Crippen molar-refractivity contribution in [2.45, 2.75) is 58.6 Å². The minimum absolute atomic E-state index is 0.0203. The van der Waals surface area contributed by atoms with Gasteiger partial charge in [-0.2, -0.15) is 0 Å². The lowest BCUT2D eigenvalue weighted by Gasteiger charge is -2.24. The Labute approximate surface area is 179 Å². The molecule has 0 bridgehead atoms. The Balaban J connectivity index is 2.23. The lowest BCUT2D eigenvalue weighted by molar-refractivity contribution is -0.118. The molecule has 0 aromatic heterocycles. The molecule has 0 aliphatic carbocycles. The third kappa shape index (κ3) is 6.79. The van der Waals surface area contributed by atoms with Gasteiger partial charge in [0.05, 0.1) is 7.11 Å². The summed E-state index contributed by atoms with van der Waals surface area (Å²) in [4.78, 5) is 25.4. The molecule has 2 N–H and O–H groups in total. The van der Waals surface area contributed by atoms with E-state index >= 15 is 0 Å². The Morgan fingerprint density at radius 2 is 1.43 bits per heavy atom. The van der Waals surface area contributed by atoms with Crippen LogP contribution in [0.5, 0.6) is 5.75 Å². The van der Waals surface area contributed by atoms with Crippen molar-refractivity contribution in [1.82, 2.24) is 5.32 Å². The van der Waals surface area contributed by atoms with Crippen LogP contribution in [0.3, 0.4) is 0 Å². The maximum Gasteiger partial charge on any atom is 0.408 e. The van der Waals surface area contributed by atoms with Crippen LogP contribution in [-0.2, 0) is 14.9 Å². The van der Waals surface area contributed by atoms with Crippen molar-refractivity contribution in [1.29, 1.82) is 0 Å². The molecule has 0 radical (unpaired) electrons. The monoisotopic (exact) mass is 412 g/mol. The number of nitrogens with one attached hydrogen (secondary N) is 2. The first-order valence-electron chi connectivity index (χ1n) is 9.94.